The molecule has 1 aliphatic rings. The molecule has 1 unspecified atom stereocenters. The van der Waals surface area contributed by atoms with Crippen LogP contribution in [0.25, 0.3) is 17.1 Å². The van der Waals surface area contributed by atoms with Gasteiger partial charge in [0, 0.05) is 11.3 Å². The number of aromatic nitrogens is 3. The number of anilines is 1. The first-order valence-electron chi connectivity index (χ1n) is 12.8. The third-order valence-electron chi connectivity index (χ3n) is 6.14. The van der Waals surface area contributed by atoms with Crippen LogP contribution in [-0.2, 0) is 11.2 Å². The number of hydrogen-bond acceptors (Lipinski definition) is 7. The third kappa shape index (κ3) is 7.07. The van der Waals surface area contributed by atoms with Gasteiger partial charge in [-0.1, -0.05) is 56.3 Å². The normalized spacial score (nSPS) is 15.7. The van der Waals surface area contributed by atoms with E-state index >= 15 is 0 Å². The lowest BCUT2D eigenvalue weighted by molar-refractivity contribution is -0.274. The first-order valence-corrected chi connectivity index (χ1v) is 13.9. The number of thioether (sulfide) groups is 1. The summed E-state index contributed by atoms with van der Waals surface area (Å²) >= 11 is 1.50. The Labute approximate surface area is 239 Å². The summed E-state index contributed by atoms with van der Waals surface area (Å²) in [5, 5.41) is 8.82. The molecule has 3 aromatic carbocycles. The van der Waals surface area contributed by atoms with Crippen molar-refractivity contribution < 1.29 is 22.7 Å². The first-order chi connectivity index (χ1) is 19.7. The first kappa shape index (κ1) is 28.2. The van der Waals surface area contributed by atoms with Crippen molar-refractivity contribution in [1.82, 2.24) is 20.2 Å². The van der Waals surface area contributed by atoms with E-state index in [4.69, 9.17) is 0 Å². The van der Waals surface area contributed by atoms with Crippen LogP contribution in [-0.4, -0.2) is 44.5 Å². The number of hydrazone groups is 1. The van der Waals surface area contributed by atoms with Crippen molar-refractivity contribution in [3.8, 4) is 22.8 Å². The Bertz CT molecular complexity index is 1520. The topological polar surface area (TPSA) is 84.6 Å². The molecular formula is C29H27F3N6O2S. The Morgan fingerprint density at radius 1 is 1.10 bits per heavy atom. The number of hydrogen-bond donors (Lipinski definition) is 1. The molecule has 4 aromatic rings. The van der Waals surface area contributed by atoms with Gasteiger partial charge in [0.15, 0.2) is 11.3 Å². The molecule has 2 heterocycles. The van der Waals surface area contributed by atoms with Gasteiger partial charge in [-0.2, -0.15) is 5.10 Å². The van der Waals surface area contributed by atoms with Crippen LogP contribution < -0.4 is 15.1 Å². The summed E-state index contributed by atoms with van der Waals surface area (Å²) in [6.07, 6.45) is -0.700. The summed E-state index contributed by atoms with van der Waals surface area (Å²) in [5.41, 5.74) is 6.98. The molecule has 1 N–H and O–H groups in total. The molecular weight excluding hydrogens is 553 g/mol. The van der Waals surface area contributed by atoms with Gasteiger partial charge in [-0.25, -0.2) is 9.67 Å². The van der Waals surface area contributed by atoms with E-state index in [-0.39, 0.29) is 17.2 Å². The summed E-state index contributed by atoms with van der Waals surface area (Å²) < 4.78 is 42.5. The molecule has 0 bridgehead atoms. The van der Waals surface area contributed by atoms with E-state index in [1.54, 1.807) is 11.1 Å². The minimum atomic E-state index is -4.75. The number of carbonyl (C=O) groups is 1. The fourth-order valence-electron chi connectivity index (χ4n) is 4.35. The van der Waals surface area contributed by atoms with Gasteiger partial charge in [0.1, 0.15) is 12.1 Å². The number of nitrogens with one attached hydrogen (secondary N) is 1. The smallest absolute Gasteiger partial charge is 0.406 e. The second-order valence-corrected chi connectivity index (χ2v) is 10.8. The number of halogens is 3. The highest BCUT2D eigenvalue weighted by atomic mass is 32.2. The summed E-state index contributed by atoms with van der Waals surface area (Å²) in [4.78, 5) is 18.8. The molecule has 0 saturated carbocycles. The summed E-state index contributed by atoms with van der Waals surface area (Å²) in [6.45, 7) is 4.31. The molecule has 5 rings (SSSR count). The molecule has 1 amide bonds. The average molecular weight is 581 g/mol. The van der Waals surface area contributed by atoms with Gasteiger partial charge in [-0.15, -0.1) is 30.0 Å². The highest BCUT2D eigenvalue weighted by Crippen LogP contribution is 2.32. The highest BCUT2D eigenvalue weighted by molar-refractivity contribution is 8.01. The number of ether oxygens (including phenoxy) is 1. The zero-order chi connectivity index (χ0) is 29.0. The standard InChI is InChI=1S/C29H27F3N6O2S/c1-19(2)15-22-5-3-4-6-25(22)38-26(39)17-41-28(38)35-34-16-20-7-9-21(10-8-20)27-33-18-37(36-27)23-11-13-24(14-12-23)40-29(30,31)32/h3-14,16,18-19,28,35H,15,17H2,1-2H3/b34-16+. The predicted molar refractivity (Wildman–Crippen MR) is 153 cm³/mol. The largest absolute Gasteiger partial charge is 0.573 e. The maximum atomic E-state index is 12.7. The van der Waals surface area contributed by atoms with Crippen LogP contribution >= 0.6 is 11.8 Å². The number of carbonyl (C=O) groups excluding carboxylic acids is 1. The van der Waals surface area contributed by atoms with Gasteiger partial charge in [-0.05, 0) is 53.8 Å². The van der Waals surface area contributed by atoms with Gasteiger partial charge in [-0.3, -0.25) is 15.1 Å². The number of rotatable bonds is 9. The van der Waals surface area contributed by atoms with E-state index in [0.29, 0.717) is 23.2 Å². The number of nitrogens with zero attached hydrogens (tertiary/aromatic N) is 5. The summed E-state index contributed by atoms with van der Waals surface area (Å²) in [6, 6.07) is 20.8. The van der Waals surface area contributed by atoms with Gasteiger partial charge in [0.05, 0.1) is 17.7 Å². The Kier molecular flexibility index (Phi) is 8.29. The monoisotopic (exact) mass is 580 g/mol. The Morgan fingerprint density at radius 2 is 1.83 bits per heavy atom. The summed E-state index contributed by atoms with van der Waals surface area (Å²) in [5.74, 6) is 1.03. The van der Waals surface area contributed by atoms with Gasteiger partial charge in [0.2, 0.25) is 5.91 Å². The molecule has 41 heavy (non-hydrogen) atoms. The van der Waals surface area contributed by atoms with E-state index in [1.807, 2.05) is 42.5 Å². The minimum Gasteiger partial charge on any atom is -0.406 e. The molecule has 1 aromatic heterocycles. The molecule has 0 radical (unpaired) electrons. The molecule has 212 valence electrons. The van der Waals surface area contributed by atoms with Crippen molar-refractivity contribution in [2.24, 2.45) is 11.0 Å². The third-order valence-corrected chi connectivity index (χ3v) is 7.19. The fourth-order valence-corrected chi connectivity index (χ4v) is 5.31. The Balaban J connectivity index is 1.22. The molecule has 1 fully saturated rings. The van der Waals surface area contributed by atoms with Crippen LogP contribution in [0.2, 0.25) is 0 Å². The van der Waals surface area contributed by atoms with Crippen LogP contribution in [0.15, 0.2) is 84.2 Å². The van der Waals surface area contributed by atoms with Crippen LogP contribution in [0.3, 0.4) is 0 Å². The van der Waals surface area contributed by atoms with Crippen LogP contribution in [0.4, 0.5) is 18.9 Å². The quantitative estimate of drug-likeness (QED) is 0.193. The lowest BCUT2D eigenvalue weighted by Crippen LogP contribution is -2.40. The fraction of sp³-hybridized carbons (Fsp3) is 0.241. The van der Waals surface area contributed by atoms with Crippen molar-refractivity contribution in [3.05, 3.63) is 90.3 Å². The van der Waals surface area contributed by atoms with Crippen molar-refractivity contribution in [2.75, 3.05) is 10.7 Å². The molecule has 0 aliphatic carbocycles. The number of amides is 1. The van der Waals surface area contributed by atoms with Crippen molar-refractivity contribution in [1.29, 1.82) is 0 Å². The van der Waals surface area contributed by atoms with Crippen molar-refractivity contribution in [3.63, 3.8) is 0 Å². The summed E-state index contributed by atoms with van der Waals surface area (Å²) in [7, 11) is 0. The van der Waals surface area contributed by atoms with Crippen LogP contribution in [0, 0.1) is 5.92 Å². The molecule has 12 heteroatoms. The lowest BCUT2D eigenvalue weighted by Gasteiger charge is -2.26. The Morgan fingerprint density at radius 3 is 2.54 bits per heavy atom. The highest BCUT2D eigenvalue weighted by Gasteiger charge is 2.34. The number of alkyl halides is 3. The molecule has 1 saturated heterocycles. The lowest BCUT2D eigenvalue weighted by atomic mass is 10.0. The van der Waals surface area contributed by atoms with Gasteiger partial charge >= 0.3 is 6.36 Å². The van der Waals surface area contributed by atoms with Crippen molar-refractivity contribution in [2.45, 2.75) is 32.1 Å². The van der Waals surface area contributed by atoms with Gasteiger partial charge in [0.25, 0.3) is 0 Å². The second kappa shape index (κ2) is 12.0. The Hall–Kier alpha value is -4.32. The molecule has 1 aliphatic heterocycles. The second-order valence-electron chi connectivity index (χ2n) is 9.72. The number of para-hydroxylation sites is 1. The molecule has 8 nitrogen and oxygen atoms in total. The molecule has 1 atom stereocenters. The average Bonchev–Trinajstić information content (AvgIpc) is 3.56. The van der Waals surface area contributed by atoms with Crippen LogP contribution in [0.1, 0.15) is 25.0 Å². The van der Waals surface area contributed by atoms with E-state index in [0.717, 1.165) is 28.8 Å². The van der Waals surface area contributed by atoms with E-state index in [9.17, 15) is 18.0 Å². The van der Waals surface area contributed by atoms with E-state index < -0.39 is 6.36 Å². The van der Waals surface area contributed by atoms with E-state index in [2.05, 4.69) is 45.3 Å². The van der Waals surface area contributed by atoms with Gasteiger partial charge < -0.3 is 4.74 Å². The predicted octanol–water partition coefficient (Wildman–Crippen LogP) is 6.02. The zero-order valence-electron chi connectivity index (χ0n) is 22.2. The SMILES string of the molecule is CC(C)Cc1ccccc1N1C(=O)CSC1N/N=C/c1ccc(-c2ncn(-c3ccc(OC(F)(F)F)cc3)n2)cc1. The maximum absolute atomic E-state index is 12.7. The minimum absolute atomic E-state index is 0.0424. The number of benzene rings is 3. The van der Waals surface area contributed by atoms with E-state index in [1.165, 1.54) is 47.0 Å². The van der Waals surface area contributed by atoms with Crippen molar-refractivity contribution >= 4 is 29.6 Å². The van der Waals surface area contributed by atoms with Crippen LogP contribution in [0.5, 0.6) is 5.75 Å². The maximum Gasteiger partial charge on any atom is 0.573 e. The zero-order valence-corrected chi connectivity index (χ0v) is 23.1. The molecule has 0 spiro atoms.